The number of rotatable bonds is 2. The SMILES string of the molecule is Cc1nc2ccc(C(F)(F)F)nc2n2c(-c3cc(C(C)(C)O)ccc3F)nnc12. The topological polar surface area (TPSA) is 76.2 Å². The van der Waals surface area contributed by atoms with Gasteiger partial charge in [0.15, 0.2) is 17.1 Å². The standard InChI is InChI=1S/C19H15F4N5O/c1-9-15-26-27-16(11-8-10(18(2,3)29)4-5-12(11)20)28(15)17-13(24-9)6-7-14(25-17)19(21,22)23/h4-8,29H,1-3H3. The second-order valence-electron chi connectivity index (χ2n) is 7.17. The number of hydrogen-bond donors (Lipinski definition) is 1. The van der Waals surface area contributed by atoms with Gasteiger partial charge in [-0.15, -0.1) is 10.2 Å². The van der Waals surface area contributed by atoms with E-state index in [9.17, 15) is 22.7 Å². The number of aromatic nitrogens is 5. The molecule has 0 saturated carbocycles. The second kappa shape index (κ2) is 6.18. The monoisotopic (exact) mass is 405 g/mol. The van der Waals surface area contributed by atoms with Crippen molar-refractivity contribution < 1.29 is 22.7 Å². The number of halogens is 4. The molecule has 0 spiro atoms. The van der Waals surface area contributed by atoms with Crippen molar-refractivity contribution in [2.75, 3.05) is 0 Å². The fourth-order valence-electron chi connectivity index (χ4n) is 3.05. The molecule has 0 fully saturated rings. The normalized spacial score (nSPS) is 12.8. The van der Waals surface area contributed by atoms with Gasteiger partial charge in [-0.25, -0.2) is 14.4 Å². The first-order chi connectivity index (χ1) is 13.5. The molecule has 1 aromatic carbocycles. The molecule has 1 N–H and O–H groups in total. The first-order valence-corrected chi connectivity index (χ1v) is 8.59. The molecule has 0 saturated heterocycles. The highest BCUT2D eigenvalue weighted by Crippen LogP contribution is 2.32. The van der Waals surface area contributed by atoms with Crippen LogP contribution >= 0.6 is 0 Å². The molecule has 10 heteroatoms. The van der Waals surface area contributed by atoms with Crippen molar-refractivity contribution in [1.82, 2.24) is 24.6 Å². The van der Waals surface area contributed by atoms with Crippen LogP contribution in [0.25, 0.3) is 28.2 Å². The Morgan fingerprint density at radius 3 is 2.34 bits per heavy atom. The van der Waals surface area contributed by atoms with Crippen LogP contribution in [-0.4, -0.2) is 29.7 Å². The third-order valence-electron chi connectivity index (χ3n) is 4.55. The Morgan fingerprint density at radius 2 is 1.69 bits per heavy atom. The maximum atomic E-state index is 14.6. The summed E-state index contributed by atoms with van der Waals surface area (Å²) in [6, 6.07) is 6.01. The molecule has 0 bridgehead atoms. The maximum Gasteiger partial charge on any atom is 0.433 e. The summed E-state index contributed by atoms with van der Waals surface area (Å²) in [6.45, 7) is 4.69. The minimum atomic E-state index is -4.66. The molecule has 0 unspecified atom stereocenters. The number of fused-ring (bicyclic) bond motifs is 3. The van der Waals surface area contributed by atoms with Crippen LogP contribution < -0.4 is 0 Å². The van der Waals surface area contributed by atoms with E-state index in [4.69, 9.17) is 0 Å². The van der Waals surface area contributed by atoms with Gasteiger partial charge in [-0.1, -0.05) is 6.07 Å². The number of pyridine rings is 1. The zero-order valence-electron chi connectivity index (χ0n) is 15.6. The third-order valence-corrected chi connectivity index (χ3v) is 4.55. The van der Waals surface area contributed by atoms with Crippen LogP contribution in [0.4, 0.5) is 17.6 Å². The molecule has 0 amide bonds. The first kappa shape index (κ1) is 19.2. The zero-order chi connectivity index (χ0) is 21.1. The van der Waals surface area contributed by atoms with E-state index in [1.807, 2.05) is 0 Å². The summed E-state index contributed by atoms with van der Waals surface area (Å²) < 4.78 is 55.4. The summed E-state index contributed by atoms with van der Waals surface area (Å²) in [5.74, 6) is -0.701. The Hall–Kier alpha value is -3.14. The molecular weight excluding hydrogens is 390 g/mol. The van der Waals surface area contributed by atoms with Crippen LogP contribution in [0.15, 0.2) is 30.3 Å². The van der Waals surface area contributed by atoms with E-state index in [0.29, 0.717) is 11.3 Å². The van der Waals surface area contributed by atoms with Crippen LogP contribution in [0.2, 0.25) is 0 Å². The lowest BCUT2D eigenvalue weighted by Gasteiger charge is -2.18. The van der Waals surface area contributed by atoms with Crippen molar-refractivity contribution in [3.8, 4) is 11.4 Å². The summed E-state index contributed by atoms with van der Waals surface area (Å²) >= 11 is 0. The number of aryl methyl sites for hydroxylation is 1. The van der Waals surface area contributed by atoms with Gasteiger partial charge in [0.1, 0.15) is 17.0 Å². The number of hydrogen-bond acceptors (Lipinski definition) is 5. The minimum Gasteiger partial charge on any atom is -0.386 e. The molecule has 3 heterocycles. The molecule has 150 valence electrons. The molecule has 4 aromatic rings. The van der Waals surface area contributed by atoms with E-state index in [-0.39, 0.29) is 28.2 Å². The molecular formula is C19H15F4N5O. The van der Waals surface area contributed by atoms with E-state index in [2.05, 4.69) is 20.2 Å². The summed E-state index contributed by atoms with van der Waals surface area (Å²) in [5.41, 5.74) is -1.39. The van der Waals surface area contributed by atoms with Crippen LogP contribution in [-0.2, 0) is 11.8 Å². The van der Waals surface area contributed by atoms with Gasteiger partial charge >= 0.3 is 6.18 Å². The van der Waals surface area contributed by atoms with Crippen molar-refractivity contribution in [1.29, 1.82) is 0 Å². The van der Waals surface area contributed by atoms with E-state index >= 15 is 0 Å². The van der Waals surface area contributed by atoms with Crippen molar-refractivity contribution in [2.24, 2.45) is 0 Å². The highest BCUT2D eigenvalue weighted by Gasteiger charge is 2.33. The fourth-order valence-corrected chi connectivity index (χ4v) is 3.05. The van der Waals surface area contributed by atoms with Gasteiger partial charge in [-0.05, 0) is 50.6 Å². The van der Waals surface area contributed by atoms with Crippen molar-refractivity contribution in [3.05, 3.63) is 53.1 Å². The van der Waals surface area contributed by atoms with E-state index in [0.717, 1.165) is 12.1 Å². The van der Waals surface area contributed by atoms with Gasteiger partial charge in [0.2, 0.25) is 0 Å². The maximum absolute atomic E-state index is 14.6. The molecule has 4 rings (SSSR count). The van der Waals surface area contributed by atoms with Crippen LogP contribution in [0.1, 0.15) is 30.8 Å². The van der Waals surface area contributed by atoms with Gasteiger partial charge in [-0.3, -0.25) is 4.40 Å². The molecule has 0 aliphatic heterocycles. The number of alkyl halides is 3. The second-order valence-corrected chi connectivity index (χ2v) is 7.17. The third kappa shape index (κ3) is 3.19. The van der Waals surface area contributed by atoms with Crippen molar-refractivity contribution >= 4 is 16.8 Å². The predicted octanol–water partition coefficient (Wildman–Crippen LogP) is 4.03. The number of benzene rings is 1. The van der Waals surface area contributed by atoms with E-state index in [1.54, 1.807) is 6.92 Å². The summed E-state index contributed by atoms with van der Waals surface area (Å²) in [4.78, 5) is 7.92. The molecule has 6 nitrogen and oxygen atoms in total. The highest BCUT2D eigenvalue weighted by atomic mass is 19.4. The molecule has 0 aliphatic carbocycles. The molecule has 0 atom stereocenters. The highest BCUT2D eigenvalue weighted by molar-refractivity contribution is 5.78. The van der Waals surface area contributed by atoms with Gasteiger partial charge in [0.05, 0.1) is 16.9 Å². The fraction of sp³-hybridized carbons (Fsp3) is 0.263. The van der Waals surface area contributed by atoms with Gasteiger partial charge in [-0.2, -0.15) is 13.2 Å². The van der Waals surface area contributed by atoms with Crippen LogP contribution in [0.3, 0.4) is 0 Å². The van der Waals surface area contributed by atoms with Crippen molar-refractivity contribution in [2.45, 2.75) is 32.5 Å². The predicted molar refractivity (Wildman–Crippen MR) is 96.5 cm³/mol. The molecule has 0 aliphatic rings. The first-order valence-electron chi connectivity index (χ1n) is 8.59. The lowest BCUT2D eigenvalue weighted by Crippen LogP contribution is -2.15. The Morgan fingerprint density at radius 1 is 0.966 bits per heavy atom. The largest absolute Gasteiger partial charge is 0.433 e. The minimum absolute atomic E-state index is 0.0248. The quantitative estimate of drug-likeness (QED) is 0.510. The van der Waals surface area contributed by atoms with Gasteiger partial charge in [0, 0.05) is 0 Å². The Kier molecular flexibility index (Phi) is 4.09. The Labute approximate surface area is 161 Å². The van der Waals surface area contributed by atoms with E-state index < -0.39 is 23.3 Å². The Balaban J connectivity index is 2.09. The number of nitrogens with zero attached hydrogens (tertiary/aromatic N) is 5. The van der Waals surface area contributed by atoms with Crippen LogP contribution in [0.5, 0.6) is 0 Å². The lowest BCUT2D eigenvalue weighted by molar-refractivity contribution is -0.141. The lowest BCUT2D eigenvalue weighted by atomic mass is 9.96. The summed E-state index contributed by atoms with van der Waals surface area (Å²) in [7, 11) is 0. The molecule has 0 radical (unpaired) electrons. The summed E-state index contributed by atoms with van der Waals surface area (Å²) in [6.07, 6.45) is -4.66. The smallest absolute Gasteiger partial charge is 0.386 e. The average molecular weight is 405 g/mol. The van der Waals surface area contributed by atoms with Gasteiger partial charge < -0.3 is 5.11 Å². The van der Waals surface area contributed by atoms with Crippen LogP contribution in [0, 0.1) is 12.7 Å². The summed E-state index contributed by atoms with van der Waals surface area (Å²) in [5, 5.41) is 18.2. The molecule has 29 heavy (non-hydrogen) atoms. The van der Waals surface area contributed by atoms with Gasteiger partial charge in [0.25, 0.3) is 0 Å². The Bertz CT molecular complexity index is 1260. The average Bonchev–Trinajstić information content (AvgIpc) is 3.06. The zero-order valence-corrected chi connectivity index (χ0v) is 15.6. The number of aliphatic hydroxyl groups is 1. The van der Waals surface area contributed by atoms with E-state index in [1.165, 1.54) is 36.4 Å². The molecule has 3 aromatic heterocycles. The van der Waals surface area contributed by atoms with Crippen molar-refractivity contribution in [3.63, 3.8) is 0 Å².